The summed E-state index contributed by atoms with van der Waals surface area (Å²) in [6.07, 6.45) is 0. The predicted octanol–water partition coefficient (Wildman–Crippen LogP) is 5.15. The molecule has 0 aliphatic rings. The summed E-state index contributed by atoms with van der Waals surface area (Å²) in [7, 11) is 0. The lowest BCUT2D eigenvalue weighted by atomic mass is 10.0. The summed E-state index contributed by atoms with van der Waals surface area (Å²) < 4.78 is 0. The Kier molecular flexibility index (Phi) is 3.42. The van der Waals surface area contributed by atoms with Crippen LogP contribution in [0, 0.1) is 6.92 Å². The van der Waals surface area contributed by atoms with Crippen LogP contribution in [0.5, 0.6) is 0 Å². The van der Waals surface area contributed by atoms with Crippen molar-refractivity contribution in [3.05, 3.63) is 59.0 Å². The smallest absolute Gasteiger partial charge is 0.335 e. The molecular weight excluding hydrogens is 288 g/mol. The van der Waals surface area contributed by atoms with Gasteiger partial charge in [0.1, 0.15) is 0 Å². The van der Waals surface area contributed by atoms with Gasteiger partial charge < -0.3 is 5.11 Å². The average molecular weight is 300 g/mol. The number of benzene rings is 1. The average Bonchev–Trinajstić information content (AvgIpc) is 3.09. The number of carbonyl (C=O) groups is 1. The Bertz CT molecular complexity index is 755. The van der Waals surface area contributed by atoms with Gasteiger partial charge in [-0.3, -0.25) is 0 Å². The Labute approximate surface area is 125 Å². The van der Waals surface area contributed by atoms with Gasteiger partial charge in [0.15, 0.2) is 0 Å². The molecule has 2 nitrogen and oxygen atoms in total. The fourth-order valence-corrected chi connectivity index (χ4v) is 3.94. The molecule has 2 heterocycles. The Morgan fingerprint density at radius 2 is 1.85 bits per heavy atom. The van der Waals surface area contributed by atoms with Crippen LogP contribution < -0.4 is 0 Å². The third-order valence-corrected chi connectivity index (χ3v) is 5.31. The molecule has 0 fully saturated rings. The lowest BCUT2D eigenvalue weighted by molar-refractivity contribution is 0.0696. The molecule has 0 unspecified atom stereocenters. The second-order valence-electron chi connectivity index (χ2n) is 4.48. The van der Waals surface area contributed by atoms with Crippen molar-refractivity contribution in [2.75, 3.05) is 0 Å². The SMILES string of the molecule is Cc1cc(-c2ccc(-c3cccs3)s2)ccc1C(=O)O. The highest BCUT2D eigenvalue weighted by atomic mass is 32.1. The van der Waals surface area contributed by atoms with E-state index in [1.165, 1.54) is 9.75 Å². The van der Waals surface area contributed by atoms with Gasteiger partial charge in [0.05, 0.1) is 5.56 Å². The summed E-state index contributed by atoms with van der Waals surface area (Å²) in [4.78, 5) is 14.7. The molecule has 20 heavy (non-hydrogen) atoms. The van der Waals surface area contributed by atoms with E-state index in [4.69, 9.17) is 5.11 Å². The largest absolute Gasteiger partial charge is 0.478 e. The zero-order valence-electron chi connectivity index (χ0n) is 10.8. The van der Waals surface area contributed by atoms with Gasteiger partial charge in [0.2, 0.25) is 0 Å². The van der Waals surface area contributed by atoms with Crippen LogP contribution >= 0.6 is 22.7 Å². The third-order valence-electron chi connectivity index (χ3n) is 3.11. The van der Waals surface area contributed by atoms with Crippen molar-refractivity contribution in [1.82, 2.24) is 0 Å². The highest BCUT2D eigenvalue weighted by molar-refractivity contribution is 7.23. The highest BCUT2D eigenvalue weighted by Crippen LogP contribution is 2.36. The minimum absolute atomic E-state index is 0.365. The number of hydrogen-bond acceptors (Lipinski definition) is 3. The Balaban J connectivity index is 1.98. The molecule has 0 radical (unpaired) electrons. The van der Waals surface area contributed by atoms with Gasteiger partial charge in [-0.2, -0.15) is 0 Å². The van der Waals surface area contributed by atoms with Crippen molar-refractivity contribution in [2.24, 2.45) is 0 Å². The van der Waals surface area contributed by atoms with Crippen molar-refractivity contribution in [2.45, 2.75) is 6.92 Å². The summed E-state index contributed by atoms with van der Waals surface area (Å²) in [5, 5.41) is 11.1. The minimum atomic E-state index is -0.875. The molecule has 0 saturated carbocycles. The van der Waals surface area contributed by atoms with Gasteiger partial charge in [-0.15, -0.1) is 22.7 Å². The summed E-state index contributed by atoms with van der Waals surface area (Å²) >= 11 is 3.46. The van der Waals surface area contributed by atoms with Crippen LogP contribution in [-0.2, 0) is 0 Å². The molecule has 1 N–H and O–H groups in total. The minimum Gasteiger partial charge on any atom is -0.478 e. The van der Waals surface area contributed by atoms with Crippen molar-refractivity contribution < 1.29 is 9.90 Å². The van der Waals surface area contributed by atoms with Crippen LogP contribution in [0.2, 0.25) is 0 Å². The van der Waals surface area contributed by atoms with Crippen molar-refractivity contribution in [3.8, 4) is 20.2 Å². The first-order valence-electron chi connectivity index (χ1n) is 6.13. The van der Waals surface area contributed by atoms with Crippen molar-refractivity contribution in [1.29, 1.82) is 0 Å². The second kappa shape index (κ2) is 5.23. The molecule has 100 valence electrons. The summed E-state index contributed by atoms with van der Waals surface area (Å²) in [5.74, 6) is -0.875. The van der Waals surface area contributed by atoms with E-state index in [2.05, 4.69) is 23.6 Å². The molecule has 0 aliphatic heterocycles. The van der Waals surface area contributed by atoms with Crippen LogP contribution in [-0.4, -0.2) is 11.1 Å². The van der Waals surface area contributed by atoms with Crippen molar-refractivity contribution >= 4 is 28.6 Å². The van der Waals surface area contributed by atoms with E-state index in [1.54, 1.807) is 28.7 Å². The molecule has 3 aromatic rings. The zero-order valence-corrected chi connectivity index (χ0v) is 12.4. The van der Waals surface area contributed by atoms with E-state index < -0.39 is 5.97 Å². The van der Waals surface area contributed by atoms with E-state index in [0.717, 1.165) is 16.0 Å². The van der Waals surface area contributed by atoms with E-state index in [-0.39, 0.29) is 0 Å². The first-order valence-corrected chi connectivity index (χ1v) is 7.83. The first-order chi connectivity index (χ1) is 9.65. The maximum Gasteiger partial charge on any atom is 0.335 e. The van der Waals surface area contributed by atoms with Gasteiger partial charge in [0, 0.05) is 14.6 Å². The van der Waals surface area contributed by atoms with Gasteiger partial charge >= 0.3 is 5.97 Å². The zero-order chi connectivity index (χ0) is 14.1. The number of thiophene rings is 2. The highest BCUT2D eigenvalue weighted by Gasteiger charge is 2.10. The lowest BCUT2D eigenvalue weighted by Crippen LogP contribution is -1.99. The maximum atomic E-state index is 11.0. The van der Waals surface area contributed by atoms with Crippen LogP contribution in [0.15, 0.2) is 47.8 Å². The fraction of sp³-hybridized carbons (Fsp3) is 0.0625. The number of rotatable bonds is 3. The molecule has 0 spiro atoms. The molecule has 0 amide bonds. The monoisotopic (exact) mass is 300 g/mol. The van der Waals surface area contributed by atoms with Crippen molar-refractivity contribution in [3.63, 3.8) is 0 Å². The van der Waals surface area contributed by atoms with Gasteiger partial charge in [-0.25, -0.2) is 4.79 Å². The van der Waals surface area contributed by atoms with Gasteiger partial charge in [0.25, 0.3) is 0 Å². The normalized spacial score (nSPS) is 10.7. The standard InChI is InChI=1S/C16H12O2S2/c1-10-9-11(4-5-12(10)16(17)18)13-6-7-15(20-13)14-3-2-8-19-14/h2-9H,1H3,(H,17,18). The van der Waals surface area contributed by atoms with Crippen LogP contribution in [0.25, 0.3) is 20.2 Å². The van der Waals surface area contributed by atoms with E-state index in [1.807, 2.05) is 25.1 Å². The van der Waals surface area contributed by atoms with E-state index in [9.17, 15) is 4.79 Å². The quantitative estimate of drug-likeness (QED) is 0.726. The molecular formula is C16H12O2S2. The van der Waals surface area contributed by atoms with E-state index >= 15 is 0 Å². The van der Waals surface area contributed by atoms with Gasteiger partial charge in [-0.1, -0.05) is 12.1 Å². The fourth-order valence-electron chi connectivity index (χ4n) is 2.10. The van der Waals surface area contributed by atoms with Gasteiger partial charge in [-0.05, 0) is 53.8 Å². The number of aromatic carboxylic acids is 1. The molecule has 0 atom stereocenters. The molecule has 0 saturated heterocycles. The maximum absolute atomic E-state index is 11.0. The molecule has 0 aliphatic carbocycles. The summed E-state index contributed by atoms with van der Waals surface area (Å²) in [6.45, 7) is 1.83. The molecule has 4 heteroatoms. The predicted molar refractivity (Wildman–Crippen MR) is 84.8 cm³/mol. The summed E-state index contributed by atoms with van der Waals surface area (Å²) in [5.41, 5.74) is 2.23. The third kappa shape index (κ3) is 2.40. The van der Waals surface area contributed by atoms with Crippen LogP contribution in [0.1, 0.15) is 15.9 Å². The number of carboxylic acid groups (broad SMARTS) is 1. The molecule has 2 aromatic heterocycles. The second-order valence-corrected chi connectivity index (χ2v) is 6.51. The van der Waals surface area contributed by atoms with Crippen LogP contribution in [0.4, 0.5) is 0 Å². The van der Waals surface area contributed by atoms with Crippen LogP contribution in [0.3, 0.4) is 0 Å². The molecule has 3 rings (SSSR count). The number of aryl methyl sites for hydroxylation is 1. The Morgan fingerprint density at radius 3 is 2.50 bits per heavy atom. The first kappa shape index (κ1) is 13.1. The summed E-state index contributed by atoms with van der Waals surface area (Å²) in [6, 6.07) is 13.9. The Hall–Kier alpha value is -1.91. The van der Waals surface area contributed by atoms with E-state index in [0.29, 0.717) is 5.56 Å². The molecule has 1 aromatic carbocycles. The molecule has 0 bridgehead atoms. The number of carboxylic acids is 1. The lowest BCUT2D eigenvalue weighted by Gasteiger charge is -2.03. The Morgan fingerprint density at radius 1 is 1.05 bits per heavy atom. The number of hydrogen-bond donors (Lipinski definition) is 1. The topological polar surface area (TPSA) is 37.3 Å².